The molecule has 2 aromatic carbocycles. The molecular weight excluding hydrogens is 442 g/mol. The van der Waals surface area contributed by atoms with Gasteiger partial charge in [-0.1, -0.05) is 40.2 Å². The highest BCUT2D eigenvalue weighted by Gasteiger charge is 2.10. The number of hydrogen-bond acceptors (Lipinski definition) is 3. The van der Waals surface area contributed by atoms with Crippen LogP contribution in [0.25, 0.3) is 11.1 Å². The first-order chi connectivity index (χ1) is 14.1. The quantitative estimate of drug-likeness (QED) is 0.497. The smallest absolute Gasteiger partial charge is 0.226 e. The Bertz CT molecular complexity index is 981. The first-order valence-corrected chi connectivity index (χ1v) is 10.1. The van der Waals surface area contributed by atoms with Crippen LogP contribution in [0.2, 0.25) is 0 Å². The molecule has 3 aromatic rings. The molecule has 0 aliphatic rings. The molecule has 0 radical (unpaired) electrons. The fraction of sp³-hybridized carbons (Fsp3) is 0.182. The van der Waals surface area contributed by atoms with Crippen LogP contribution in [0.1, 0.15) is 11.3 Å². The highest BCUT2D eigenvalue weighted by molar-refractivity contribution is 9.09. The Morgan fingerprint density at radius 3 is 2.59 bits per heavy atom. The monoisotopic (exact) mass is 460 g/mol. The van der Waals surface area contributed by atoms with Gasteiger partial charge in [-0.2, -0.15) is 0 Å². The topological polar surface area (TPSA) is 51.2 Å². The van der Waals surface area contributed by atoms with Gasteiger partial charge in [0, 0.05) is 46.5 Å². The molecule has 0 aliphatic carbocycles. The van der Waals surface area contributed by atoms with E-state index < -0.39 is 5.82 Å². The highest BCUT2D eigenvalue weighted by Crippen LogP contribution is 2.26. The number of nitrogens with one attached hydrogen (secondary N) is 1. The van der Waals surface area contributed by atoms with Crippen molar-refractivity contribution < 1.29 is 18.3 Å². The predicted molar refractivity (Wildman–Crippen MR) is 111 cm³/mol. The van der Waals surface area contributed by atoms with Gasteiger partial charge in [0.25, 0.3) is 0 Å². The zero-order valence-electron chi connectivity index (χ0n) is 15.5. The molecule has 0 spiro atoms. The summed E-state index contributed by atoms with van der Waals surface area (Å²) in [5.41, 5.74) is 1.96. The van der Waals surface area contributed by atoms with E-state index in [1.165, 1.54) is 18.3 Å². The van der Waals surface area contributed by atoms with Crippen LogP contribution >= 0.6 is 15.9 Å². The van der Waals surface area contributed by atoms with E-state index in [2.05, 4.69) is 26.2 Å². The van der Waals surface area contributed by atoms with Crippen LogP contribution in [0.4, 0.5) is 8.78 Å². The molecule has 1 amide bonds. The third-order valence-electron chi connectivity index (χ3n) is 4.20. The van der Waals surface area contributed by atoms with Crippen LogP contribution in [0.15, 0.2) is 60.8 Å². The van der Waals surface area contributed by atoms with Gasteiger partial charge in [0.2, 0.25) is 5.91 Å². The van der Waals surface area contributed by atoms with Gasteiger partial charge >= 0.3 is 0 Å². The lowest BCUT2D eigenvalue weighted by Crippen LogP contribution is -2.25. The molecule has 0 saturated carbocycles. The van der Waals surface area contributed by atoms with Crippen molar-refractivity contribution in [2.75, 3.05) is 11.9 Å². The van der Waals surface area contributed by atoms with Crippen LogP contribution in [-0.4, -0.2) is 22.8 Å². The van der Waals surface area contributed by atoms with Crippen molar-refractivity contribution in [2.45, 2.75) is 13.0 Å². The second kappa shape index (κ2) is 10.1. The van der Waals surface area contributed by atoms with Crippen molar-refractivity contribution in [2.24, 2.45) is 0 Å². The minimum absolute atomic E-state index is 0.0521. The molecule has 0 saturated heterocycles. The van der Waals surface area contributed by atoms with Crippen LogP contribution in [0, 0.1) is 11.6 Å². The molecular formula is C22H19BrF2N2O2. The van der Waals surface area contributed by atoms with Crippen molar-refractivity contribution >= 4 is 21.8 Å². The summed E-state index contributed by atoms with van der Waals surface area (Å²) < 4.78 is 33.3. The number of rotatable bonds is 8. The summed E-state index contributed by atoms with van der Waals surface area (Å²) in [6.45, 7) is 0.562. The largest absolute Gasteiger partial charge is 0.493 e. The van der Waals surface area contributed by atoms with Crippen LogP contribution in [0.5, 0.6) is 5.75 Å². The summed E-state index contributed by atoms with van der Waals surface area (Å²) in [6, 6.07) is 14.3. The number of benzene rings is 2. The van der Waals surface area contributed by atoms with Crippen molar-refractivity contribution in [3.8, 4) is 16.9 Å². The standard InChI is InChI=1S/C22H19BrF2N2O2/c23-9-10-29-18-7-8-19(21(25)12-18)15-5-6-17(26-13-15)11-22(28)27-14-16-3-1-2-4-20(16)24/h1-8,12-13H,9-11,14H2,(H,27,28). The second-order valence-electron chi connectivity index (χ2n) is 6.26. The first kappa shape index (κ1) is 20.9. The number of halogens is 3. The minimum Gasteiger partial charge on any atom is -0.493 e. The van der Waals surface area contributed by atoms with Gasteiger partial charge in [-0.3, -0.25) is 9.78 Å². The average Bonchev–Trinajstić information content (AvgIpc) is 2.72. The molecule has 7 heteroatoms. The van der Waals surface area contributed by atoms with E-state index >= 15 is 0 Å². The maximum Gasteiger partial charge on any atom is 0.226 e. The van der Waals surface area contributed by atoms with E-state index in [0.717, 1.165) is 0 Å². The van der Waals surface area contributed by atoms with Gasteiger partial charge in [0.15, 0.2) is 0 Å². The molecule has 1 aromatic heterocycles. The third-order valence-corrected chi connectivity index (χ3v) is 4.52. The zero-order chi connectivity index (χ0) is 20.6. The molecule has 0 aliphatic heterocycles. The van der Waals surface area contributed by atoms with E-state index in [-0.39, 0.29) is 24.7 Å². The predicted octanol–water partition coefficient (Wildman–Crippen LogP) is 4.66. The molecule has 150 valence electrons. The number of nitrogens with zero attached hydrogens (tertiary/aromatic N) is 1. The SMILES string of the molecule is O=C(Cc1ccc(-c2ccc(OCCBr)cc2F)cn1)NCc1ccccc1F. The van der Waals surface area contributed by atoms with E-state index in [0.29, 0.717) is 40.1 Å². The number of amides is 1. The van der Waals surface area contributed by atoms with E-state index in [1.54, 1.807) is 42.5 Å². The van der Waals surface area contributed by atoms with Crippen molar-refractivity contribution in [3.63, 3.8) is 0 Å². The van der Waals surface area contributed by atoms with Crippen molar-refractivity contribution in [1.29, 1.82) is 0 Å². The Hall–Kier alpha value is -2.80. The highest BCUT2D eigenvalue weighted by atomic mass is 79.9. The van der Waals surface area contributed by atoms with Gasteiger partial charge in [0.05, 0.1) is 13.0 Å². The summed E-state index contributed by atoms with van der Waals surface area (Å²) in [6.07, 6.45) is 1.58. The number of alkyl halides is 1. The maximum absolute atomic E-state index is 14.4. The number of pyridine rings is 1. The maximum atomic E-state index is 14.4. The van der Waals surface area contributed by atoms with Gasteiger partial charge < -0.3 is 10.1 Å². The summed E-state index contributed by atoms with van der Waals surface area (Å²) in [5, 5.41) is 3.33. The second-order valence-corrected chi connectivity index (χ2v) is 7.06. The number of carbonyl (C=O) groups is 1. The van der Waals surface area contributed by atoms with Gasteiger partial charge in [0.1, 0.15) is 17.4 Å². The minimum atomic E-state index is -0.408. The van der Waals surface area contributed by atoms with Crippen molar-refractivity contribution in [3.05, 3.63) is 83.7 Å². The molecule has 0 atom stereocenters. The molecule has 0 unspecified atom stereocenters. The Balaban J connectivity index is 1.60. The summed E-state index contributed by atoms with van der Waals surface area (Å²) in [5.74, 6) is -0.579. The average molecular weight is 461 g/mol. The Morgan fingerprint density at radius 1 is 1.07 bits per heavy atom. The number of ether oxygens (including phenoxy) is 1. The van der Waals surface area contributed by atoms with Gasteiger partial charge in [-0.05, 0) is 24.3 Å². The number of aromatic nitrogens is 1. The first-order valence-electron chi connectivity index (χ1n) is 9.00. The Kier molecular flexibility index (Phi) is 7.30. The van der Waals surface area contributed by atoms with Gasteiger partial charge in [-0.15, -0.1) is 0 Å². The van der Waals surface area contributed by atoms with Crippen LogP contribution < -0.4 is 10.1 Å². The van der Waals surface area contributed by atoms with Crippen LogP contribution in [0.3, 0.4) is 0 Å². The molecule has 0 bridgehead atoms. The normalized spacial score (nSPS) is 10.6. The molecule has 1 heterocycles. The number of hydrogen-bond donors (Lipinski definition) is 1. The fourth-order valence-corrected chi connectivity index (χ4v) is 2.89. The molecule has 3 rings (SSSR count). The lowest BCUT2D eigenvalue weighted by Gasteiger charge is -2.09. The fourth-order valence-electron chi connectivity index (χ4n) is 2.73. The molecule has 29 heavy (non-hydrogen) atoms. The van der Waals surface area contributed by atoms with E-state index in [1.807, 2.05) is 0 Å². The molecule has 0 fully saturated rings. The lowest BCUT2D eigenvalue weighted by atomic mass is 10.1. The van der Waals surface area contributed by atoms with Crippen molar-refractivity contribution in [1.82, 2.24) is 10.3 Å². The summed E-state index contributed by atoms with van der Waals surface area (Å²) in [7, 11) is 0. The number of carbonyl (C=O) groups excluding carboxylic acids is 1. The Labute approximate surface area is 176 Å². The summed E-state index contributed by atoms with van der Waals surface area (Å²) >= 11 is 3.25. The van der Waals surface area contributed by atoms with Crippen LogP contribution in [-0.2, 0) is 17.8 Å². The third kappa shape index (κ3) is 5.84. The van der Waals surface area contributed by atoms with E-state index in [4.69, 9.17) is 4.74 Å². The van der Waals surface area contributed by atoms with E-state index in [9.17, 15) is 13.6 Å². The zero-order valence-corrected chi connectivity index (χ0v) is 17.1. The van der Waals surface area contributed by atoms with Gasteiger partial charge in [-0.25, -0.2) is 8.78 Å². The lowest BCUT2D eigenvalue weighted by molar-refractivity contribution is -0.120. The molecule has 4 nitrogen and oxygen atoms in total. The molecule has 1 N–H and O–H groups in total. The summed E-state index contributed by atoms with van der Waals surface area (Å²) in [4.78, 5) is 16.3. The Morgan fingerprint density at radius 2 is 1.90 bits per heavy atom.